The van der Waals surface area contributed by atoms with Gasteiger partial charge in [0.2, 0.25) is 5.91 Å². The van der Waals surface area contributed by atoms with Crippen LogP contribution in [0.25, 0.3) is 5.65 Å². The molecule has 0 radical (unpaired) electrons. The van der Waals surface area contributed by atoms with Gasteiger partial charge in [0.1, 0.15) is 0 Å². The van der Waals surface area contributed by atoms with Crippen molar-refractivity contribution in [3.05, 3.63) is 33.4 Å². The summed E-state index contributed by atoms with van der Waals surface area (Å²) < 4.78 is 1.61. The van der Waals surface area contributed by atoms with E-state index in [-0.39, 0.29) is 17.9 Å². The van der Waals surface area contributed by atoms with Crippen LogP contribution in [-0.2, 0) is 11.2 Å². The third kappa shape index (κ3) is 2.64. The number of amides is 1. The van der Waals surface area contributed by atoms with Crippen LogP contribution in [0.15, 0.2) is 10.9 Å². The van der Waals surface area contributed by atoms with E-state index in [1.165, 1.54) is 6.07 Å². The molecule has 3 heterocycles. The van der Waals surface area contributed by atoms with Crippen LogP contribution < -0.4 is 5.56 Å². The lowest BCUT2D eigenvalue weighted by Gasteiger charge is -2.30. The fourth-order valence-corrected chi connectivity index (χ4v) is 3.06. The van der Waals surface area contributed by atoms with Gasteiger partial charge in [-0.2, -0.15) is 0 Å². The topological polar surface area (TPSA) is 90.7 Å². The average Bonchev–Trinajstić information content (AvgIpc) is 2.84. The Balaban J connectivity index is 1.89. The van der Waals surface area contributed by atoms with Crippen molar-refractivity contribution in [1.29, 1.82) is 0 Å². The zero-order valence-corrected chi connectivity index (χ0v) is 12.8. The molecule has 22 heavy (non-hydrogen) atoms. The summed E-state index contributed by atoms with van der Waals surface area (Å²) in [7, 11) is 0. The number of aryl methyl sites for hydroxylation is 2. The Hall–Kier alpha value is -2.15. The molecule has 0 spiro atoms. The van der Waals surface area contributed by atoms with Gasteiger partial charge in [-0.05, 0) is 26.7 Å². The SMILES string of the molecule is Cc1nc2cc(=O)[nH]n2c(C)c1CC(=O)N1CCCC(O)C1. The van der Waals surface area contributed by atoms with Gasteiger partial charge in [-0.3, -0.25) is 14.7 Å². The van der Waals surface area contributed by atoms with E-state index in [9.17, 15) is 14.7 Å². The van der Waals surface area contributed by atoms with Crippen LogP contribution in [0, 0.1) is 13.8 Å². The molecule has 0 bridgehead atoms. The highest BCUT2D eigenvalue weighted by molar-refractivity contribution is 5.79. The number of hydrogen-bond donors (Lipinski definition) is 2. The number of piperidine rings is 1. The monoisotopic (exact) mass is 304 g/mol. The van der Waals surface area contributed by atoms with Gasteiger partial charge in [-0.15, -0.1) is 0 Å². The lowest BCUT2D eigenvalue weighted by Crippen LogP contribution is -2.43. The summed E-state index contributed by atoms with van der Waals surface area (Å²) in [4.78, 5) is 30.0. The summed E-state index contributed by atoms with van der Waals surface area (Å²) in [5.74, 6) is -0.0133. The number of hydrogen-bond acceptors (Lipinski definition) is 4. The Bertz CT molecular complexity index is 777. The van der Waals surface area contributed by atoms with E-state index in [4.69, 9.17) is 0 Å². The van der Waals surface area contributed by atoms with Crippen molar-refractivity contribution in [3.63, 3.8) is 0 Å². The third-order valence-electron chi connectivity index (χ3n) is 4.28. The largest absolute Gasteiger partial charge is 0.391 e. The van der Waals surface area contributed by atoms with Crippen LogP contribution in [-0.4, -0.2) is 49.7 Å². The number of nitrogens with zero attached hydrogens (tertiary/aromatic N) is 3. The number of nitrogens with one attached hydrogen (secondary N) is 1. The maximum Gasteiger partial charge on any atom is 0.266 e. The number of H-pyrrole nitrogens is 1. The maximum absolute atomic E-state index is 12.5. The quantitative estimate of drug-likeness (QED) is 0.827. The first kappa shape index (κ1) is 14.8. The number of aliphatic hydroxyl groups is 1. The van der Waals surface area contributed by atoms with Crippen molar-refractivity contribution >= 4 is 11.6 Å². The Morgan fingerprint density at radius 3 is 3.00 bits per heavy atom. The van der Waals surface area contributed by atoms with Crippen LogP contribution in [0.5, 0.6) is 0 Å². The number of aromatic nitrogens is 3. The van der Waals surface area contributed by atoms with Crippen LogP contribution in [0.1, 0.15) is 29.8 Å². The highest BCUT2D eigenvalue weighted by Gasteiger charge is 2.23. The lowest BCUT2D eigenvalue weighted by atomic mass is 10.0. The molecule has 2 N–H and O–H groups in total. The molecule has 0 aliphatic carbocycles. The molecule has 1 aliphatic rings. The zero-order chi connectivity index (χ0) is 15.9. The van der Waals surface area contributed by atoms with E-state index in [0.29, 0.717) is 18.7 Å². The summed E-state index contributed by atoms with van der Waals surface area (Å²) in [5.41, 5.74) is 2.74. The second kappa shape index (κ2) is 5.57. The normalized spacial score (nSPS) is 18.9. The number of carbonyl (C=O) groups excluding carboxylic acids is 1. The minimum Gasteiger partial charge on any atom is -0.391 e. The van der Waals surface area contributed by atoms with E-state index in [0.717, 1.165) is 29.8 Å². The lowest BCUT2D eigenvalue weighted by molar-refractivity contribution is -0.133. The number of likely N-dealkylation sites (tertiary alicyclic amines) is 1. The van der Waals surface area contributed by atoms with Crippen LogP contribution in [0.4, 0.5) is 0 Å². The number of aromatic amines is 1. The van der Waals surface area contributed by atoms with Crippen molar-refractivity contribution in [3.8, 4) is 0 Å². The molecule has 1 atom stereocenters. The van der Waals surface area contributed by atoms with Gasteiger partial charge in [0, 0.05) is 36.1 Å². The Kier molecular flexibility index (Phi) is 3.74. The van der Waals surface area contributed by atoms with Gasteiger partial charge in [0.05, 0.1) is 12.5 Å². The number of carbonyl (C=O) groups is 1. The molecule has 2 aromatic heterocycles. The Labute approximate surface area is 127 Å². The fraction of sp³-hybridized carbons (Fsp3) is 0.533. The Morgan fingerprint density at radius 1 is 1.50 bits per heavy atom. The molecule has 118 valence electrons. The van der Waals surface area contributed by atoms with Crippen LogP contribution in [0.3, 0.4) is 0 Å². The van der Waals surface area contributed by atoms with E-state index < -0.39 is 6.10 Å². The van der Waals surface area contributed by atoms with Crippen molar-refractivity contribution in [1.82, 2.24) is 19.5 Å². The molecule has 0 saturated carbocycles. The number of aliphatic hydroxyl groups excluding tert-OH is 1. The van der Waals surface area contributed by atoms with Crippen LogP contribution in [0.2, 0.25) is 0 Å². The molecular weight excluding hydrogens is 284 g/mol. The van der Waals surface area contributed by atoms with Gasteiger partial charge < -0.3 is 10.0 Å². The minimum absolute atomic E-state index is 0.0133. The predicted molar refractivity (Wildman–Crippen MR) is 80.8 cm³/mol. The van der Waals surface area contributed by atoms with E-state index in [1.54, 1.807) is 9.42 Å². The first-order valence-electron chi connectivity index (χ1n) is 7.49. The molecule has 1 amide bonds. The molecule has 1 fully saturated rings. The second-order valence-electron chi connectivity index (χ2n) is 5.89. The molecule has 1 unspecified atom stereocenters. The van der Waals surface area contributed by atoms with Gasteiger partial charge in [0.25, 0.3) is 5.56 Å². The van der Waals surface area contributed by atoms with Gasteiger partial charge in [0.15, 0.2) is 5.65 Å². The van der Waals surface area contributed by atoms with Crippen molar-refractivity contribution in [2.24, 2.45) is 0 Å². The molecule has 1 aliphatic heterocycles. The highest BCUT2D eigenvalue weighted by atomic mass is 16.3. The van der Waals surface area contributed by atoms with Crippen LogP contribution >= 0.6 is 0 Å². The zero-order valence-electron chi connectivity index (χ0n) is 12.8. The van der Waals surface area contributed by atoms with E-state index >= 15 is 0 Å². The predicted octanol–water partition coefficient (Wildman–Crippen LogP) is 0.165. The summed E-state index contributed by atoms with van der Waals surface area (Å²) in [6, 6.07) is 1.44. The second-order valence-corrected chi connectivity index (χ2v) is 5.89. The van der Waals surface area contributed by atoms with Crippen molar-refractivity contribution in [2.45, 2.75) is 39.2 Å². The van der Waals surface area contributed by atoms with Crippen molar-refractivity contribution < 1.29 is 9.90 Å². The van der Waals surface area contributed by atoms with Gasteiger partial charge in [-0.1, -0.05) is 0 Å². The minimum atomic E-state index is -0.429. The highest BCUT2D eigenvalue weighted by Crippen LogP contribution is 2.17. The number of β-amino-alcohol motifs (C(OH)–C–C–N with tert-alkyl or cyclic N) is 1. The first-order valence-corrected chi connectivity index (χ1v) is 7.49. The average molecular weight is 304 g/mol. The summed E-state index contributed by atoms with van der Waals surface area (Å²) in [6.07, 6.45) is 1.38. The molecule has 3 rings (SSSR count). The van der Waals surface area contributed by atoms with Crippen molar-refractivity contribution in [2.75, 3.05) is 13.1 Å². The summed E-state index contributed by atoms with van der Waals surface area (Å²) >= 11 is 0. The Morgan fingerprint density at radius 2 is 2.27 bits per heavy atom. The summed E-state index contributed by atoms with van der Waals surface area (Å²) in [6.45, 7) is 4.79. The number of rotatable bonds is 2. The molecule has 0 aromatic carbocycles. The molecule has 2 aromatic rings. The summed E-state index contributed by atoms with van der Waals surface area (Å²) in [5, 5.41) is 12.4. The molecular formula is C15H20N4O3. The number of fused-ring (bicyclic) bond motifs is 1. The third-order valence-corrected chi connectivity index (χ3v) is 4.28. The smallest absolute Gasteiger partial charge is 0.266 e. The maximum atomic E-state index is 12.5. The van der Waals surface area contributed by atoms with Gasteiger partial charge >= 0.3 is 0 Å². The van der Waals surface area contributed by atoms with E-state index in [2.05, 4.69) is 10.1 Å². The molecule has 1 saturated heterocycles. The molecule has 7 nitrogen and oxygen atoms in total. The standard InChI is InChI=1S/C15H20N4O3/c1-9-12(6-15(22)18-5-3-4-11(20)8-18)10(2)19-13(16-9)7-14(21)17-19/h7,11,20H,3-6,8H2,1-2H3,(H,17,21). The van der Waals surface area contributed by atoms with Gasteiger partial charge in [-0.25, -0.2) is 9.50 Å². The van der Waals surface area contributed by atoms with E-state index in [1.807, 2.05) is 13.8 Å². The fourth-order valence-electron chi connectivity index (χ4n) is 3.06. The molecule has 7 heteroatoms. The first-order chi connectivity index (χ1) is 10.5.